The Bertz CT molecular complexity index is 763. The summed E-state index contributed by atoms with van der Waals surface area (Å²) >= 11 is 11.3. The van der Waals surface area contributed by atoms with E-state index in [1.165, 1.54) is 31.4 Å². The first-order valence-electron chi connectivity index (χ1n) is 5.48. The van der Waals surface area contributed by atoms with Crippen LogP contribution in [-0.4, -0.2) is 25.5 Å². The molecule has 21 heavy (non-hydrogen) atoms. The standard InChI is InChI=1S/C11H10Cl2N4O3S/c1-20-7-4-6(14)2-3-8(7)21(18,19)17-10-5-9(12)15-11(13)16-10/h2-5H,14H2,1H3,(H,15,16,17). The molecule has 0 amide bonds. The molecule has 0 radical (unpaired) electrons. The molecular formula is C11H10Cl2N4O3S. The van der Waals surface area contributed by atoms with E-state index in [2.05, 4.69) is 14.7 Å². The molecule has 0 fully saturated rings. The number of aromatic nitrogens is 2. The molecule has 1 aromatic heterocycles. The van der Waals surface area contributed by atoms with Gasteiger partial charge in [0.05, 0.1) is 7.11 Å². The van der Waals surface area contributed by atoms with Gasteiger partial charge in [0.25, 0.3) is 10.0 Å². The second-order valence-corrected chi connectivity index (χ2v) is 6.24. The molecule has 0 atom stereocenters. The van der Waals surface area contributed by atoms with Crippen molar-refractivity contribution in [3.05, 3.63) is 34.7 Å². The van der Waals surface area contributed by atoms with Crippen molar-refractivity contribution < 1.29 is 13.2 Å². The molecule has 10 heteroatoms. The molecule has 0 aliphatic heterocycles. The third-order valence-corrected chi connectivity index (χ3v) is 4.14. The van der Waals surface area contributed by atoms with Crippen LogP contribution in [0.15, 0.2) is 29.2 Å². The fraction of sp³-hybridized carbons (Fsp3) is 0.0909. The molecule has 0 aliphatic carbocycles. The van der Waals surface area contributed by atoms with Gasteiger partial charge < -0.3 is 10.5 Å². The van der Waals surface area contributed by atoms with E-state index in [1.807, 2.05) is 0 Å². The number of methoxy groups -OCH3 is 1. The van der Waals surface area contributed by atoms with Gasteiger partial charge in [-0.3, -0.25) is 4.72 Å². The number of sulfonamides is 1. The van der Waals surface area contributed by atoms with Crippen LogP contribution >= 0.6 is 23.2 Å². The molecule has 0 aliphatic rings. The van der Waals surface area contributed by atoms with E-state index < -0.39 is 10.0 Å². The highest BCUT2D eigenvalue weighted by Gasteiger charge is 2.20. The lowest BCUT2D eigenvalue weighted by atomic mass is 10.3. The number of anilines is 2. The first-order chi connectivity index (χ1) is 9.81. The molecule has 3 N–H and O–H groups in total. The van der Waals surface area contributed by atoms with Crippen molar-refractivity contribution in [2.45, 2.75) is 4.90 Å². The second-order valence-electron chi connectivity index (χ2n) is 3.86. The maximum Gasteiger partial charge on any atom is 0.266 e. The minimum Gasteiger partial charge on any atom is -0.495 e. The van der Waals surface area contributed by atoms with Crippen LogP contribution in [0.5, 0.6) is 5.75 Å². The van der Waals surface area contributed by atoms with Crippen molar-refractivity contribution in [2.75, 3.05) is 17.6 Å². The van der Waals surface area contributed by atoms with Gasteiger partial charge in [-0.1, -0.05) is 11.6 Å². The lowest BCUT2D eigenvalue weighted by molar-refractivity contribution is 0.403. The van der Waals surface area contributed by atoms with Crippen LogP contribution < -0.4 is 15.2 Å². The van der Waals surface area contributed by atoms with E-state index in [1.54, 1.807) is 0 Å². The van der Waals surface area contributed by atoms with Gasteiger partial charge in [-0.2, -0.15) is 4.98 Å². The van der Waals surface area contributed by atoms with Crippen molar-refractivity contribution in [2.24, 2.45) is 0 Å². The van der Waals surface area contributed by atoms with Crippen molar-refractivity contribution in [3.8, 4) is 5.75 Å². The maximum absolute atomic E-state index is 12.3. The van der Waals surface area contributed by atoms with Gasteiger partial charge in [-0.15, -0.1) is 0 Å². The zero-order chi connectivity index (χ0) is 15.6. The molecule has 1 aromatic carbocycles. The number of nitrogens with two attached hydrogens (primary N) is 1. The average Bonchev–Trinajstić information content (AvgIpc) is 2.36. The third kappa shape index (κ3) is 3.66. The number of hydrogen-bond donors (Lipinski definition) is 2. The number of nitrogen functional groups attached to an aromatic ring is 1. The number of nitrogens with zero attached hydrogens (tertiary/aromatic N) is 2. The summed E-state index contributed by atoms with van der Waals surface area (Å²) in [5.41, 5.74) is 5.96. The number of halogens is 2. The highest BCUT2D eigenvalue weighted by Crippen LogP contribution is 2.28. The Labute approximate surface area is 131 Å². The van der Waals surface area contributed by atoms with Crippen molar-refractivity contribution in [3.63, 3.8) is 0 Å². The van der Waals surface area contributed by atoms with E-state index in [9.17, 15) is 8.42 Å². The van der Waals surface area contributed by atoms with Crippen LogP contribution in [0.25, 0.3) is 0 Å². The lowest BCUT2D eigenvalue weighted by Gasteiger charge is -2.11. The fourth-order valence-corrected chi connectivity index (χ4v) is 3.09. The Hall–Kier alpha value is -1.77. The van der Waals surface area contributed by atoms with Gasteiger partial charge in [-0.05, 0) is 23.7 Å². The molecule has 0 unspecified atom stereocenters. The molecule has 7 nitrogen and oxygen atoms in total. The monoisotopic (exact) mass is 348 g/mol. The van der Waals surface area contributed by atoms with Crippen LogP contribution in [0.4, 0.5) is 11.5 Å². The number of rotatable bonds is 4. The van der Waals surface area contributed by atoms with Crippen LogP contribution in [0, 0.1) is 0 Å². The van der Waals surface area contributed by atoms with Crippen LogP contribution in [0.1, 0.15) is 0 Å². The molecular weight excluding hydrogens is 339 g/mol. The Balaban J connectivity index is 2.43. The largest absolute Gasteiger partial charge is 0.495 e. The van der Waals surface area contributed by atoms with E-state index in [0.717, 1.165) is 0 Å². The summed E-state index contributed by atoms with van der Waals surface area (Å²) in [6.45, 7) is 0. The Kier molecular flexibility index (Phi) is 4.40. The number of ether oxygens (including phenoxy) is 1. The predicted molar refractivity (Wildman–Crippen MR) is 80.3 cm³/mol. The molecule has 0 spiro atoms. The zero-order valence-corrected chi connectivity index (χ0v) is 13.0. The fourth-order valence-electron chi connectivity index (χ4n) is 1.54. The summed E-state index contributed by atoms with van der Waals surface area (Å²) in [4.78, 5) is 7.27. The molecule has 0 saturated carbocycles. The number of hydrogen-bond acceptors (Lipinski definition) is 6. The van der Waals surface area contributed by atoms with E-state index >= 15 is 0 Å². The smallest absolute Gasteiger partial charge is 0.266 e. The minimum absolute atomic E-state index is 0.0111. The van der Waals surface area contributed by atoms with E-state index in [4.69, 9.17) is 33.7 Å². The Morgan fingerprint density at radius 3 is 2.57 bits per heavy atom. The average molecular weight is 349 g/mol. The molecule has 0 saturated heterocycles. The predicted octanol–water partition coefficient (Wildman–Crippen LogP) is 2.17. The molecule has 2 rings (SSSR count). The lowest BCUT2D eigenvalue weighted by Crippen LogP contribution is -2.15. The van der Waals surface area contributed by atoms with Crippen molar-refractivity contribution >= 4 is 44.7 Å². The first kappa shape index (κ1) is 15.6. The molecule has 0 bridgehead atoms. The summed E-state index contributed by atoms with van der Waals surface area (Å²) in [6, 6.07) is 5.39. The third-order valence-electron chi connectivity index (χ3n) is 2.38. The maximum atomic E-state index is 12.3. The zero-order valence-electron chi connectivity index (χ0n) is 10.7. The van der Waals surface area contributed by atoms with Gasteiger partial charge in [-0.25, -0.2) is 13.4 Å². The summed E-state index contributed by atoms with van der Waals surface area (Å²) in [7, 11) is -2.60. The van der Waals surface area contributed by atoms with Gasteiger partial charge >= 0.3 is 0 Å². The normalized spacial score (nSPS) is 11.2. The summed E-state index contributed by atoms with van der Waals surface area (Å²) in [5.74, 6) is 0.0487. The van der Waals surface area contributed by atoms with Gasteiger partial charge in [0.15, 0.2) is 0 Å². The van der Waals surface area contributed by atoms with Crippen LogP contribution in [-0.2, 0) is 10.0 Å². The van der Waals surface area contributed by atoms with E-state index in [0.29, 0.717) is 5.69 Å². The SMILES string of the molecule is COc1cc(N)ccc1S(=O)(=O)Nc1cc(Cl)nc(Cl)n1. The summed E-state index contributed by atoms with van der Waals surface area (Å²) in [6.07, 6.45) is 0. The Morgan fingerprint density at radius 1 is 1.24 bits per heavy atom. The van der Waals surface area contributed by atoms with Crippen molar-refractivity contribution in [1.82, 2.24) is 9.97 Å². The van der Waals surface area contributed by atoms with Gasteiger partial charge in [0.2, 0.25) is 5.28 Å². The highest BCUT2D eigenvalue weighted by atomic mass is 35.5. The molecule has 1 heterocycles. The quantitative estimate of drug-likeness (QED) is 0.498. The summed E-state index contributed by atoms with van der Waals surface area (Å²) in [5, 5.41) is -0.165. The second kappa shape index (κ2) is 5.92. The highest BCUT2D eigenvalue weighted by molar-refractivity contribution is 7.92. The first-order valence-corrected chi connectivity index (χ1v) is 7.72. The van der Waals surface area contributed by atoms with Gasteiger partial charge in [0, 0.05) is 17.8 Å². The molecule has 112 valence electrons. The van der Waals surface area contributed by atoms with Crippen LogP contribution in [0.3, 0.4) is 0 Å². The van der Waals surface area contributed by atoms with Gasteiger partial charge in [0.1, 0.15) is 21.6 Å². The minimum atomic E-state index is -3.94. The topological polar surface area (TPSA) is 107 Å². The number of nitrogens with one attached hydrogen (secondary N) is 1. The van der Waals surface area contributed by atoms with Crippen molar-refractivity contribution in [1.29, 1.82) is 0 Å². The summed E-state index contributed by atoms with van der Waals surface area (Å²) < 4.78 is 31.9. The Morgan fingerprint density at radius 2 is 1.95 bits per heavy atom. The molecule has 2 aromatic rings. The number of benzene rings is 1. The van der Waals surface area contributed by atoms with Crippen LogP contribution in [0.2, 0.25) is 10.4 Å². The van der Waals surface area contributed by atoms with E-state index in [-0.39, 0.29) is 26.9 Å².